The van der Waals surface area contributed by atoms with E-state index >= 15 is 0 Å². The van der Waals surface area contributed by atoms with Crippen LogP contribution in [-0.4, -0.2) is 47.3 Å². The fourth-order valence-corrected chi connectivity index (χ4v) is 2.79. The Morgan fingerprint density at radius 1 is 1.10 bits per heavy atom. The summed E-state index contributed by atoms with van der Waals surface area (Å²) in [5.74, 6) is 0.587. The van der Waals surface area contributed by atoms with E-state index in [2.05, 4.69) is 0 Å². The minimum absolute atomic E-state index is 0.343. The minimum atomic E-state index is -1.11. The minimum Gasteiger partial charge on any atom is -0.496 e. The third kappa shape index (κ3) is 2.38. The number of ether oxygens (including phenoxy) is 2. The smallest absolute Gasteiger partial charge is 0.125 e. The van der Waals surface area contributed by atoms with Crippen LogP contribution in [0.25, 0.3) is 10.8 Å². The van der Waals surface area contributed by atoms with Crippen molar-refractivity contribution >= 4 is 10.8 Å². The lowest BCUT2D eigenvalue weighted by molar-refractivity contribution is -0.0232. The molecule has 0 bridgehead atoms. The standard InChI is InChI=1S/C16H18O5/c1-20-12-7-10-5-3-2-4-9(10)6-11(12)16-15(19)14(18)13(8-17)21-16/h2-7,13-19H,8H2,1H3. The summed E-state index contributed by atoms with van der Waals surface area (Å²) in [7, 11) is 1.55. The van der Waals surface area contributed by atoms with Gasteiger partial charge in [0, 0.05) is 5.56 Å². The number of hydrogen-bond donors (Lipinski definition) is 3. The van der Waals surface area contributed by atoms with Gasteiger partial charge in [0.05, 0.1) is 13.7 Å². The molecule has 0 radical (unpaired) electrons. The van der Waals surface area contributed by atoms with Gasteiger partial charge in [-0.3, -0.25) is 0 Å². The highest BCUT2D eigenvalue weighted by Crippen LogP contribution is 2.39. The maximum atomic E-state index is 10.2. The van der Waals surface area contributed by atoms with Gasteiger partial charge in [-0.25, -0.2) is 0 Å². The first kappa shape index (κ1) is 14.3. The zero-order valence-electron chi connectivity index (χ0n) is 11.6. The topological polar surface area (TPSA) is 79.2 Å². The number of aliphatic hydroxyl groups excluding tert-OH is 3. The predicted octanol–water partition coefficient (Wildman–Crippen LogP) is 1.00. The second-order valence-electron chi connectivity index (χ2n) is 5.20. The Morgan fingerprint density at radius 2 is 1.76 bits per heavy atom. The van der Waals surface area contributed by atoms with Gasteiger partial charge < -0.3 is 24.8 Å². The molecular weight excluding hydrogens is 272 g/mol. The average Bonchev–Trinajstić information content (AvgIpc) is 2.81. The van der Waals surface area contributed by atoms with Gasteiger partial charge in [-0.15, -0.1) is 0 Å². The molecule has 4 unspecified atom stereocenters. The van der Waals surface area contributed by atoms with Gasteiger partial charge in [-0.1, -0.05) is 24.3 Å². The van der Waals surface area contributed by atoms with E-state index < -0.39 is 24.4 Å². The first-order chi connectivity index (χ1) is 10.2. The normalized spacial score (nSPS) is 29.0. The van der Waals surface area contributed by atoms with Crippen LogP contribution in [0.4, 0.5) is 0 Å². The van der Waals surface area contributed by atoms with Crippen LogP contribution >= 0.6 is 0 Å². The van der Waals surface area contributed by atoms with Crippen LogP contribution in [0, 0.1) is 0 Å². The number of aliphatic hydroxyl groups is 3. The molecule has 5 heteroatoms. The average molecular weight is 290 g/mol. The maximum Gasteiger partial charge on any atom is 0.125 e. The first-order valence-corrected chi connectivity index (χ1v) is 6.85. The van der Waals surface area contributed by atoms with Gasteiger partial charge in [-0.2, -0.15) is 0 Å². The molecule has 0 spiro atoms. The molecule has 21 heavy (non-hydrogen) atoms. The zero-order valence-corrected chi connectivity index (χ0v) is 11.6. The van der Waals surface area contributed by atoms with Crippen molar-refractivity contribution in [3.63, 3.8) is 0 Å². The van der Waals surface area contributed by atoms with Crippen molar-refractivity contribution in [1.82, 2.24) is 0 Å². The van der Waals surface area contributed by atoms with E-state index in [0.717, 1.165) is 10.8 Å². The lowest BCUT2D eigenvalue weighted by Crippen LogP contribution is -2.32. The fourth-order valence-electron chi connectivity index (χ4n) is 2.79. The van der Waals surface area contributed by atoms with Crippen LogP contribution in [0.2, 0.25) is 0 Å². The van der Waals surface area contributed by atoms with Crippen LogP contribution in [0.5, 0.6) is 5.75 Å². The van der Waals surface area contributed by atoms with E-state index in [1.807, 2.05) is 36.4 Å². The molecule has 4 atom stereocenters. The van der Waals surface area contributed by atoms with Gasteiger partial charge in [0.2, 0.25) is 0 Å². The highest BCUT2D eigenvalue weighted by atomic mass is 16.6. The SMILES string of the molecule is COc1cc2ccccc2cc1C1OC(CO)C(O)C1O. The predicted molar refractivity (Wildman–Crippen MR) is 77.2 cm³/mol. The first-order valence-electron chi connectivity index (χ1n) is 6.85. The molecule has 1 saturated heterocycles. The molecule has 1 fully saturated rings. The van der Waals surface area contributed by atoms with Gasteiger partial charge in [0.1, 0.15) is 30.2 Å². The van der Waals surface area contributed by atoms with Crippen molar-refractivity contribution < 1.29 is 24.8 Å². The van der Waals surface area contributed by atoms with Crippen molar-refractivity contribution in [2.24, 2.45) is 0 Å². The molecule has 3 N–H and O–H groups in total. The number of fused-ring (bicyclic) bond motifs is 1. The second kappa shape index (κ2) is 5.61. The number of hydrogen-bond acceptors (Lipinski definition) is 5. The fraction of sp³-hybridized carbons (Fsp3) is 0.375. The Balaban J connectivity index is 2.07. The molecule has 0 aliphatic carbocycles. The summed E-state index contributed by atoms with van der Waals surface area (Å²) >= 11 is 0. The van der Waals surface area contributed by atoms with E-state index in [1.54, 1.807) is 7.11 Å². The van der Waals surface area contributed by atoms with Crippen LogP contribution in [0.3, 0.4) is 0 Å². The lowest BCUT2D eigenvalue weighted by Gasteiger charge is -2.19. The van der Waals surface area contributed by atoms with E-state index in [4.69, 9.17) is 9.47 Å². The molecule has 2 aromatic carbocycles. The Morgan fingerprint density at radius 3 is 2.33 bits per heavy atom. The van der Waals surface area contributed by atoms with Gasteiger partial charge in [-0.05, 0) is 22.9 Å². The summed E-state index contributed by atoms with van der Waals surface area (Å²) in [6, 6.07) is 11.6. The molecule has 1 heterocycles. The van der Waals surface area contributed by atoms with Gasteiger partial charge in [0.25, 0.3) is 0 Å². The zero-order chi connectivity index (χ0) is 15.0. The van der Waals surface area contributed by atoms with Crippen LogP contribution in [0.15, 0.2) is 36.4 Å². The van der Waals surface area contributed by atoms with Crippen LogP contribution < -0.4 is 4.74 Å². The Hall–Kier alpha value is -1.66. The van der Waals surface area contributed by atoms with Crippen molar-refractivity contribution in [2.45, 2.75) is 24.4 Å². The molecule has 0 aromatic heterocycles. The maximum absolute atomic E-state index is 10.2. The second-order valence-corrected chi connectivity index (χ2v) is 5.20. The third-order valence-corrected chi connectivity index (χ3v) is 3.95. The number of benzene rings is 2. The summed E-state index contributed by atoms with van der Waals surface area (Å²) < 4.78 is 11.0. The summed E-state index contributed by atoms with van der Waals surface area (Å²) in [6.45, 7) is -0.343. The largest absolute Gasteiger partial charge is 0.496 e. The highest BCUT2D eigenvalue weighted by molar-refractivity contribution is 5.85. The van der Waals surface area contributed by atoms with Crippen molar-refractivity contribution in [3.05, 3.63) is 42.0 Å². The summed E-state index contributed by atoms with van der Waals surface area (Å²) in [6.07, 6.45) is -3.73. The quantitative estimate of drug-likeness (QED) is 0.786. The highest BCUT2D eigenvalue weighted by Gasteiger charge is 2.44. The number of methoxy groups -OCH3 is 1. The Bertz CT molecular complexity index is 642. The third-order valence-electron chi connectivity index (χ3n) is 3.95. The van der Waals surface area contributed by atoms with Crippen molar-refractivity contribution in [2.75, 3.05) is 13.7 Å². The summed E-state index contributed by atoms with van der Waals surface area (Å²) in [4.78, 5) is 0. The van der Waals surface area contributed by atoms with Crippen molar-refractivity contribution in [1.29, 1.82) is 0 Å². The Kier molecular flexibility index (Phi) is 3.82. The lowest BCUT2D eigenvalue weighted by atomic mass is 9.97. The Labute approximate surface area is 122 Å². The monoisotopic (exact) mass is 290 g/mol. The molecule has 1 aliphatic heterocycles. The molecule has 0 amide bonds. The van der Waals surface area contributed by atoms with Crippen LogP contribution in [-0.2, 0) is 4.74 Å². The molecule has 3 rings (SSSR count). The molecule has 5 nitrogen and oxygen atoms in total. The van der Waals surface area contributed by atoms with E-state index in [1.165, 1.54) is 0 Å². The molecule has 1 aliphatic rings. The van der Waals surface area contributed by atoms with E-state index in [0.29, 0.717) is 11.3 Å². The molecule has 2 aromatic rings. The summed E-state index contributed by atoms with van der Waals surface area (Å²) in [5.41, 5.74) is 0.665. The van der Waals surface area contributed by atoms with Gasteiger partial charge in [0.15, 0.2) is 0 Å². The van der Waals surface area contributed by atoms with Crippen LogP contribution in [0.1, 0.15) is 11.7 Å². The molecular formula is C16H18O5. The van der Waals surface area contributed by atoms with E-state index in [-0.39, 0.29) is 6.61 Å². The number of rotatable bonds is 3. The molecule has 0 saturated carbocycles. The van der Waals surface area contributed by atoms with Gasteiger partial charge >= 0.3 is 0 Å². The summed E-state index contributed by atoms with van der Waals surface area (Å²) in [5, 5.41) is 31.3. The van der Waals surface area contributed by atoms with E-state index in [9.17, 15) is 15.3 Å². The van der Waals surface area contributed by atoms with Crippen molar-refractivity contribution in [3.8, 4) is 5.75 Å². The molecule has 112 valence electrons.